The van der Waals surface area contributed by atoms with Crippen molar-refractivity contribution in [2.24, 2.45) is 0 Å². The second-order valence-electron chi connectivity index (χ2n) is 9.48. The SMILES string of the molecule is Cc1nn(CC(=O)N[C@@H](Cc2ccccc2)C(=O)N(C)c2ccc3c(c2)OCO3)c(C(C)C)c1CCO. The standard InChI is InChI=1S/C28H34N4O5/c1-18(2)27-22(12-13-33)19(3)30-32(27)16-26(34)29-23(14-20-8-6-5-7-9-20)28(35)31(4)21-10-11-24-25(15-21)37-17-36-24/h5-11,15,18,23,33H,12-14,16-17H2,1-4H3,(H,29,34)/t23-/m0/s1. The molecule has 0 radical (unpaired) electrons. The van der Waals surface area contributed by atoms with Crippen LogP contribution >= 0.6 is 0 Å². The van der Waals surface area contributed by atoms with E-state index in [0.29, 0.717) is 30.0 Å². The molecule has 1 aliphatic heterocycles. The van der Waals surface area contributed by atoms with Crippen molar-refractivity contribution < 1.29 is 24.2 Å². The van der Waals surface area contributed by atoms with Crippen LogP contribution in [0.3, 0.4) is 0 Å². The Morgan fingerprint density at radius 1 is 1.14 bits per heavy atom. The molecule has 0 spiro atoms. The molecule has 2 aromatic carbocycles. The normalized spacial score (nSPS) is 13.0. The molecule has 0 saturated carbocycles. The van der Waals surface area contributed by atoms with Crippen molar-refractivity contribution in [3.05, 3.63) is 71.0 Å². The summed E-state index contributed by atoms with van der Waals surface area (Å²) < 4.78 is 12.5. The molecule has 0 unspecified atom stereocenters. The molecular weight excluding hydrogens is 472 g/mol. The lowest BCUT2D eigenvalue weighted by atomic mass is 10.0. The molecule has 196 valence electrons. The predicted octanol–water partition coefficient (Wildman–Crippen LogP) is 2.97. The monoisotopic (exact) mass is 506 g/mol. The maximum atomic E-state index is 13.6. The molecule has 1 aliphatic rings. The third-order valence-electron chi connectivity index (χ3n) is 6.49. The van der Waals surface area contributed by atoms with Gasteiger partial charge in [-0.05, 0) is 42.5 Å². The molecule has 9 heteroatoms. The average molecular weight is 507 g/mol. The third kappa shape index (κ3) is 5.94. The Morgan fingerprint density at radius 2 is 1.86 bits per heavy atom. The molecular formula is C28H34N4O5. The van der Waals surface area contributed by atoms with Crippen LogP contribution in [0.25, 0.3) is 0 Å². The number of fused-ring (bicyclic) bond motifs is 1. The zero-order valence-electron chi connectivity index (χ0n) is 21.7. The summed E-state index contributed by atoms with van der Waals surface area (Å²) in [5, 5.41) is 17.0. The highest BCUT2D eigenvalue weighted by Gasteiger charge is 2.27. The number of hydrogen-bond acceptors (Lipinski definition) is 6. The van der Waals surface area contributed by atoms with Gasteiger partial charge in [-0.15, -0.1) is 0 Å². The van der Waals surface area contributed by atoms with Crippen LogP contribution in [-0.2, 0) is 29.0 Å². The minimum absolute atomic E-state index is 0.0122. The number of anilines is 1. The second kappa shape index (κ2) is 11.5. The summed E-state index contributed by atoms with van der Waals surface area (Å²) in [4.78, 5) is 28.4. The van der Waals surface area contributed by atoms with Gasteiger partial charge in [-0.3, -0.25) is 14.3 Å². The van der Waals surface area contributed by atoms with E-state index in [9.17, 15) is 14.7 Å². The molecule has 0 saturated heterocycles. The number of likely N-dealkylation sites (N-methyl/N-ethyl adjacent to an activating group) is 1. The average Bonchev–Trinajstić information content (AvgIpc) is 3.47. The summed E-state index contributed by atoms with van der Waals surface area (Å²) >= 11 is 0. The summed E-state index contributed by atoms with van der Waals surface area (Å²) in [7, 11) is 1.68. The lowest BCUT2D eigenvalue weighted by molar-refractivity contribution is -0.127. The molecule has 1 atom stereocenters. The number of carbonyl (C=O) groups excluding carboxylic acids is 2. The number of ether oxygens (including phenoxy) is 2. The minimum Gasteiger partial charge on any atom is -0.454 e. The van der Waals surface area contributed by atoms with Gasteiger partial charge in [0.15, 0.2) is 11.5 Å². The van der Waals surface area contributed by atoms with Crippen LogP contribution in [0.1, 0.15) is 42.3 Å². The van der Waals surface area contributed by atoms with Gasteiger partial charge in [0.2, 0.25) is 18.6 Å². The number of aliphatic hydroxyl groups excluding tert-OH is 1. The molecule has 2 amide bonds. The zero-order chi connectivity index (χ0) is 26.5. The fourth-order valence-corrected chi connectivity index (χ4v) is 4.70. The first-order chi connectivity index (χ1) is 17.8. The molecule has 37 heavy (non-hydrogen) atoms. The van der Waals surface area contributed by atoms with Crippen LogP contribution in [0.15, 0.2) is 48.5 Å². The van der Waals surface area contributed by atoms with Gasteiger partial charge in [-0.2, -0.15) is 5.10 Å². The van der Waals surface area contributed by atoms with Crippen molar-refractivity contribution in [2.75, 3.05) is 25.3 Å². The number of aromatic nitrogens is 2. The van der Waals surface area contributed by atoms with Gasteiger partial charge in [0, 0.05) is 37.5 Å². The maximum absolute atomic E-state index is 13.6. The topological polar surface area (TPSA) is 106 Å². The van der Waals surface area contributed by atoms with Crippen molar-refractivity contribution in [1.29, 1.82) is 0 Å². The number of nitrogens with zero attached hydrogens (tertiary/aromatic N) is 3. The van der Waals surface area contributed by atoms with E-state index in [1.54, 1.807) is 29.9 Å². The first-order valence-corrected chi connectivity index (χ1v) is 12.5. The predicted molar refractivity (Wildman–Crippen MR) is 140 cm³/mol. The fourth-order valence-electron chi connectivity index (χ4n) is 4.70. The Labute approximate surface area is 217 Å². The van der Waals surface area contributed by atoms with Gasteiger partial charge in [0.25, 0.3) is 0 Å². The largest absolute Gasteiger partial charge is 0.454 e. The molecule has 2 heterocycles. The van der Waals surface area contributed by atoms with Gasteiger partial charge >= 0.3 is 0 Å². The lowest BCUT2D eigenvalue weighted by Crippen LogP contribution is -2.49. The van der Waals surface area contributed by atoms with Crippen molar-refractivity contribution in [1.82, 2.24) is 15.1 Å². The Morgan fingerprint density at radius 3 is 2.57 bits per heavy atom. The highest BCUT2D eigenvalue weighted by molar-refractivity contribution is 5.99. The second-order valence-corrected chi connectivity index (χ2v) is 9.48. The molecule has 0 bridgehead atoms. The van der Waals surface area contributed by atoms with E-state index >= 15 is 0 Å². The van der Waals surface area contributed by atoms with Gasteiger partial charge in [-0.25, -0.2) is 0 Å². The Bertz CT molecular complexity index is 1250. The number of rotatable bonds is 10. The molecule has 0 aliphatic carbocycles. The first kappa shape index (κ1) is 26.2. The summed E-state index contributed by atoms with van der Waals surface area (Å²) in [6.07, 6.45) is 0.821. The van der Waals surface area contributed by atoms with Gasteiger partial charge < -0.3 is 24.8 Å². The molecule has 1 aromatic heterocycles. The number of hydrogen-bond donors (Lipinski definition) is 2. The van der Waals surface area contributed by atoms with Crippen LogP contribution in [0.4, 0.5) is 5.69 Å². The van der Waals surface area contributed by atoms with E-state index in [-0.39, 0.29) is 37.7 Å². The number of aryl methyl sites for hydroxylation is 1. The molecule has 3 aromatic rings. The third-order valence-corrected chi connectivity index (χ3v) is 6.49. The smallest absolute Gasteiger partial charge is 0.249 e. The lowest BCUT2D eigenvalue weighted by Gasteiger charge is -2.25. The summed E-state index contributed by atoms with van der Waals surface area (Å²) in [5.41, 5.74) is 4.25. The summed E-state index contributed by atoms with van der Waals surface area (Å²) in [6, 6.07) is 14.1. The fraction of sp³-hybridized carbons (Fsp3) is 0.393. The number of nitrogens with one attached hydrogen (secondary N) is 1. The van der Waals surface area contributed by atoms with Gasteiger partial charge in [-0.1, -0.05) is 44.2 Å². The Balaban J connectivity index is 1.56. The van der Waals surface area contributed by atoms with E-state index in [0.717, 1.165) is 22.5 Å². The van der Waals surface area contributed by atoms with Gasteiger partial charge in [0.05, 0.1) is 5.69 Å². The first-order valence-electron chi connectivity index (χ1n) is 12.5. The zero-order valence-corrected chi connectivity index (χ0v) is 21.7. The Hall–Kier alpha value is -3.85. The van der Waals surface area contributed by atoms with Crippen molar-refractivity contribution in [3.63, 3.8) is 0 Å². The quantitative estimate of drug-likeness (QED) is 0.438. The number of carbonyl (C=O) groups is 2. The van der Waals surface area contributed by atoms with E-state index in [1.165, 1.54) is 4.90 Å². The van der Waals surface area contributed by atoms with Crippen LogP contribution in [0.5, 0.6) is 11.5 Å². The maximum Gasteiger partial charge on any atom is 0.249 e. The van der Waals surface area contributed by atoms with E-state index in [2.05, 4.69) is 10.4 Å². The van der Waals surface area contributed by atoms with Crippen molar-refractivity contribution in [3.8, 4) is 11.5 Å². The van der Waals surface area contributed by atoms with Crippen molar-refractivity contribution >= 4 is 17.5 Å². The highest BCUT2D eigenvalue weighted by atomic mass is 16.7. The van der Waals surface area contributed by atoms with Gasteiger partial charge in [0.1, 0.15) is 12.6 Å². The van der Waals surface area contributed by atoms with Crippen LogP contribution in [-0.4, -0.2) is 53.2 Å². The number of benzene rings is 2. The van der Waals surface area contributed by atoms with E-state index in [4.69, 9.17) is 9.47 Å². The van der Waals surface area contributed by atoms with Crippen molar-refractivity contribution in [2.45, 2.75) is 52.1 Å². The molecule has 4 rings (SSSR count). The summed E-state index contributed by atoms with van der Waals surface area (Å²) in [6.45, 7) is 6.09. The minimum atomic E-state index is -0.790. The van der Waals surface area contributed by atoms with Crippen LogP contribution in [0.2, 0.25) is 0 Å². The molecule has 0 fully saturated rings. The highest BCUT2D eigenvalue weighted by Crippen LogP contribution is 2.35. The molecule has 2 N–H and O–H groups in total. The number of aliphatic hydroxyl groups is 1. The summed E-state index contributed by atoms with van der Waals surface area (Å²) in [5.74, 6) is 0.769. The van der Waals surface area contributed by atoms with E-state index < -0.39 is 6.04 Å². The van der Waals surface area contributed by atoms with Crippen LogP contribution < -0.4 is 19.7 Å². The van der Waals surface area contributed by atoms with Crippen LogP contribution in [0, 0.1) is 6.92 Å². The number of amides is 2. The Kier molecular flexibility index (Phi) is 8.13. The van der Waals surface area contributed by atoms with E-state index in [1.807, 2.05) is 51.1 Å². The molecule has 9 nitrogen and oxygen atoms in total.